The molecule has 0 saturated heterocycles. The highest BCUT2D eigenvalue weighted by molar-refractivity contribution is 7.88. The van der Waals surface area contributed by atoms with Crippen LogP contribution >= 0.6 is 0 Å². The van der Waals surface area contributed by atoms with E-state index >= 15 is 0 Å². The molecule has 1 aromatic carbocycles. The first-order valence-electron chi connectivity index (χ1n) is 7.41. The minimum atomic E-state index is -3.43. The van der Waals surface area contributed by atoms with Gasteiger partial charge in [0.2, 0.25) is 15.9 Å². The van der Waals surface area contributed by atoms with Crippen LogP contribution in [-0.2, 0) is 21.4 Å². The Morgan fingerprint density at radius 1 is 1.26 bits per heavy atom. The zero-order chi connectivity index (χ0) is 17.7. The largest absolute Gasteiger partial charge is 0.496 e. The Hall–Kier alpha value is -1.60. The van der Waals surface area contributed by atoms with E-state index in [9.17, 15) is 13.2 Å². The Morgan fingerprint density at radius 3 is 2.39 bits per heavy atom. The van der Waals surface area contributed by atoms with Crippen molar-refractivity contribution in [2.75, 3.05) is 19.9 Å². The third kappa shape index (κ3) is 7.00. The number of benzene rings is 1. The van der Waals surface area contributed by atoms with Crippen LogP contribution in [0.4, 0.5) is 0 Å². The fraction of sp³-hybridized carbons (Fsp3) is 0.562. The molecule has 130 valence electrons. The van der Waals surface area contributed by atoms with Gasteiger partial charge in [-0.3, -0.25) is 4.79 Å². The minimum absolute atomic E-state index is 0.111. The van der Waals surface area contributed by atoms with Crippen LogP contribution in [0, 0.1) is 0 Å². The van der Waals surface area contributed by atoms with Crippen LogP contribution in [0.1, 0.15) is 32.8 Å². The number of para-hydroxylation sites is 1. The second kappa shape index (κ2) is 7.79. The van der Waals surface area contributed by atoms with Crippen LogP contribution in [-0.4, -0.2) is 44.1 Å². The smallest absolute Gasteiger partial charge is 0.221 e. The average molecular weight is 342 g/mol. The van der Waals surface area contributed by atoms with Gasteiger partial charge in [0.15, 0.2) is 0 Å². The van der Waals surface area contributed by atoms with Crippen molar-refractivity contribution in [3.63, 3.8) is 0 Å². The summed E-state index contributed by atoms with van der Waals surface area (Å²) in [5.41, 5.74) is 0.423. The van der Waals surface area contributed by atoms with Crippen LogP contribution in [0.3, 0.4) is 0 Å². The Bertz CT molecular complexity index is 636. The summed E-state index contributed by atoms with van der Waals surface area (Å²) < 4.78 is 30.5. The molecule has 0 radical (unpaired) electrons. The topological polar surface area (TPSA) is 75.7 Å². The standard InChI is InChI=1S/C16H26N2O4S/c1-16(2,3)17-15(19)10-11-18(23(5,20)21)12-13-8-6-7-9-14(13)22-4/h6-9H,10-12H2,1-5H3,(H,17,19). The number of carbonyl (C=O) groups is 1. The van der Waals surface area contributed by atoms with Crippen LogP contribution < -0.4 is 10.1 Å². The quantitative estimate of drug-likeness (QED) is 0.819. The molecule has 1 N–H and O–H groups in total. The molecular weight excluding hydrogens is 316 g/mol. The molecule has 0 spiro atoms. The van der Waals surface area contributed by atoms with Crippen molar-refractivity contribution >= 4 is 15.9 Å². The highest BCUT2D eigenvalue weighted by Crippen LogP contribution is 2.20. The molecule has 0 fully saturated rings. The lowest BCUT2D eigenvalue weighted by atomic mass is 10.1. The lowest BCUT2D eigenvalue weighted by molar-refractivity contribution is -0.122. The molecule has 1 amide bonds. The number of amides is 1. The number of rotatable bonds is 7. The number of ether oxygens (including phenoxy) is 1. The maximum absolute atomic E-state index is 12.0. The number of nitrogens with one attached hydrogen (secondary N) is 1. The predicted octanol–water partition coefficient (Wildman–Crippen LogP) is 1.76. The van der Waals surface area contributed by atoms with Crippen molar-refractivity contribution in [3.05, 3.63) is 29.8 Å². The lowest BCUT2D eigenvalue weighted by Gasteiger charge is -2.23. The van der Waals surface area contributed by atoms with Gasteiger partial charge in [-0.1, -0.05) is 18.2 Å². The van der Waals surface area contributed by atoms with E-state index in [-0.39, 0.29) is 31.0 Å². The Kier molecular flexibility index (Phi) is 6.58. The molecule has 0 aliphatic heterocycles. The van der Waals surface area contributed by atoms with E-state index in [1.54, 1.807) is 13.2 Å². The van der Waals surface area contributed by atoms with E-state index in [0.29, 0.717) is 5.75 Å². The molecule has 0 aliphatic rings. The number of sulfonamides is 1. The van der Waals surface area contributed by atoms with E-state index in [4.69, 9.17) is 4.74 Å². The molecule has 23 heavy (non-hydrogen) atoms. The highest BCUT2D eigenvalue weighted by atomic mass is 32.2. The van der Waals surface area contributed by atoms with Crippen molar-refractivity contribution in [2.45, 2.75) is 39.3 Å². The third-order valence-electron chi connectivity index (χ3n) is 3.11. The van der Waals surface area contributed by atoms with Crippen molar-refractivity contribution in [2.24, 2.45) is 0 Å². The molecule has 0 atom stereocenters. The summed E-state index contributed by atoms with van der Waals surface area (Å²) >= 11 is 0. The van der Waals surface area contributed by atoms with Crippen molar-refractivity contribution < 1.29 is 17.9 Å². The molecular formula is C16H26N2O4S. The van der Waals surface area contributed by atoms with E-state index < -0.39 is 10.0 Å². The summed E-state index contributed by atoms with van der Waals surface area (Å²) in [6.07, 6.45) is 1.25. The Balaban J connectivity index is 2.81. The molecule has 1 aromatic rings. The first-order valence-corrected chi connectivity index (χ1v) is 9.26. The number of hydrogen-bond acceptors (Lipinski definition) is 4. The SMILES string of the molecule is COc1ccccc1CN(CCC(=O)NC(C)(C)C)S(C)(=O)=O. The van der Waals surface area contributed by atoms with Gasteiger partial charge in [0, 0.05) is 30.6 Å². The summed E-state index contributed by atoms with van der Waals surface area (Å²) in [7, 11) is -1.89. The van der Waals surface area contributed by atoms with Crippen LogP contribution in [0.2, 0.25) is 0 Å². The van der Waals surface area contributed by atoms with Gasteiger partial charge in [0.05, 0.1) is 13.4 Å². The number of carbonyl (C=O) groups excluding carboxylic acids is 1. The third-order valence-corrected chi connectivity index (χ3v) is 4.36. The average Bonchev–Trinajstić information content (AvgIpc) is 2.40. The number of methoxy groups -OCH3 is 1. The van der Waals surface area contributed by atoms with Gasteiger partial charge in [0.1, 0.15) is 5.75 Å². The minimum Gasteiger partial charge on any atom is -0.496 e. The number of nitrogens with zero attached hydrogens (tertiary/aromatic N) is 1. The molecule has 0 heterocycles. The van der Waals surface area contributed by atoms with Crippen molar-refractivity contribution in [1.29, 1.82) is 0 Å². The van der Waals surface area contributed by atoms with Gasteiger partial charge in [-0.2, -0.15) is 4.31 Å². The van der Waals surface area contributed by atoms with Crippen molar-refractivity contribution in [3.8, 4) is 5.75 Å². The molecule has 6 nitrogen and oxygen atoms in total. The molecule has 1 rings (SSSR count). The van der Waals surface area contributed by atoms with E-state index in [2.05, 4.69) is 5.32 Å². The van der Waals surface area contributed by atoms with E-state index in [1.807, 2.05) is 39.0 Å². The monoisotopic (exact) mass is 342 g/mol. The second-order valence-corrected chi connectivity index (χ2v) is 8.44. The zero-order valence-corrected chi connectivity index (χ0v) is 15.2. The van der Waals surface area contributed by atoms with Crippen LogP contribution in [0.25, 0.3) is 0 Å². The molecule has 7 heteroatoms. The zero-order valence-electron chi connectivity index (χ0n) is 14.4. The summed E-state index contributed by atoms with van der Waals surface area (Å²) in [6, 6.07) is 7.24. The summed E-state index contributed by atoms with van der Waals surface area (Å²) in [5, 5.41) is 2.83. The van der Waals surface area contributed by atoms with Crippen LogP contribution in [0.5, 0.6) is 5.75 Å². The maximum Gasteiger partial charge on any atom is 0.221 e. The Morgan fingerprint density at radius 2 is 1.87 bits per heavy atom. The van der Waals surface area contributed by atoms with E-state index in [1.165, 1.54) is 4.31 Å². The molecule has 0 aromatic heterocycles. The van der Waals surface area contributed by atoms with E-state index in [0.717, 1.165) is 11.8 Å². The summed E-state index contributed by atoms with van der Waals surface area (Å²) in [5.74, 6) is 0.450. The first kappa shape index (κ1) is 19.4. The predicted molar refractivity (Wildman–Crippen MR) is 90.8 cm³/mol. The normalized spacial score (nSPS) is 12.3. The van der Waals surface area contributed by atoms with Gasteiger partial charge in [-0.15, -0.1) is 0 Å². The summed E-state index contributed by atoms with van der Waals surface area (Å²) in [4.78, 5) is 11.9. The van der Waals surface area contributed by atoms with Gasteiger partial charge in [-0.05, 0) is 26.8 Å². The first-order chi connectivity index (χ1) is 10.5. The van der Waals surface area contributed by atoms with Gasteiger partial charge in [-0.25, -0.2) is 8.42 Å². The molecule has 0 bridgehead atoms. The molecule has 0 aliphatic carbocycles. The fourth-order valence-electron chi connectivity index (χ4n) is 2.09. The number of hydrogen-bond donors (Lipinski definition) is 1. The summed E-state index contributed by atoms with van der Waals surface area (Å²) in [6.45, 7) is 5.95. The highest BCUT2D eigenvalue weighted by Gasteiger charge is 2.21. The van der Waals surface area contributed by atoms with Crippen LogP contribution in [0.15, 0.2) is 24.3 Å². The second-order valence-electron chi connectivity index (χ2n) is 6.46. The van der Waals surface area contributed by atoms with Gasteiger partial charge < -0.3 is 10.1 Å². The molecule has 0 unspecified atom stereocenters. The van der Waals surface area contributed by atoms with Crippen molar-refractivity contribution in [1.82, 2.24) is 9.62 Å². The lowest BCUT2D eigenvalue weighted by Crippen LogP contribution is -2.42. The Labute approximate surface area is 138 Å². The maximum atomic E-state index is 12.0. The van der Waals surface area contributed by atoms with Gasteiger partial charge in [0.25, 0.3) is 0 Å². The molecule has 0 saturated carbocycles. The fourth-order valence-corrected chi connectivity index (χ4v) is 2.89. The van der Waals surface area contributed by atoms with Gasteiger partial charge >= 0.3 is 0 Å².